The average molecular weight is 480 g/mol. The van der Waals surface area contributed by atoms with Gasteiger partial charge < -0.3 is 10.0 Å². The van der Waals surface area contributed by atoms with Gasteiger partial charge in [0, 0.05) is 19.6 Å². The fraction of sp³-hybridized carbons (Fsp3) is 0.385. The minimum absolute atomic E-state index is 0.0418. The van der Waals surface area contributed by atoms with E-state index in [1.165, 1.54) is 30.0 Å². The van der Waals surface area contributed by atoms with E-state index < -0.39 is 11.2 Å². The quantitative estimate of drug-likeness (QED) is 0.406. The number of aryl methyl sites for hydroxylation is 1. The number of piperidine rings is 1. The first kappa shape index (κ1) is 24.0. The summed E-state index contributed by atoms with van der Waals surface area (Å²) >= 11 is 1.26. The third-order valence-corrected chi connectivity index (χ3v) is 7.44. The molecule has 0 radical (unpaired) electrons. The van der Waals surface area contributed by atoms with Gasteiger partial charge in [-0.25, -0.2) is 9.78 Å². The lowest BCUT2D eigenvalue weighted by Gasteiger charge is -2.32. The van der Waals surface area contributed by atoms with E-state index in [4.69, 9.17) is 0 Å². The molecule has 0 saturated carbocycles. The van der Waals surface area contributed by atoms with Crippen LogP contribution in [0.2, 0.25) is 0 Å². The van der Waals surface area contributed by atoms with E-state index in [1.54, 1.807) is 4.57 Å². The SMILES string of the molecule is CC1CCN(C(=O)C(C)Sc2nc3cc(C(=O)O)ccc3c(=O)n2CCc2ccccc2)CC1. The molecule has 0 aliphatic carbocycles. The van der Waals surface area contributed by atoms with Gasteiger partial charge >= 0.3 is 5.97 Å². The highest BCUT2D eigenvalue weighted by atomic mass is 32.2. The van der Waals surface area contributed by atoms with Crippen molar-refractivity contribution in [2.24, 2.45) is 5.92 Å². The van der Waals surface area contributed by atoms with Crippen LogP contribution in [-0.2, 0) is 17.8 Å². The number of aromatic nitrogens is 2. The number of nitrogens with zero attached hydrogens (tertiary/aromatic N) is 3. The van der Waals surface area contributed by atoms with Crippen LogP contribution in [0.3, 0.4) is 0 Å². The van der Waals surface area contributed by atoms with E-state index in [0.717, 1.165) is 31.5 Å². The number of rotatable bonds is 7. The van der Waals surface area contributed by atoms with Crippen LogP contribution in [0.25, 0.3) is 10.9 Å². The van der Waals surface area contributed by atoms with Crippen molar-refractivity contribution >= 4 is 34.5 Å². The molecule has 8 heteroatoms. The highest BCUT2D eigenvalue weighted by Gasteiger charge is 2.26. The van der Waals surface area contributed by atoms with Gasteiger partial charge in [-0.15, -0.1) is 0 Å². The topological polar surface area (TPSA) is 92.5 Å². The van der Waals surface area contributed by atoms with Gasteiger partial charge in [-0.1, -0.05) is 49.0 Å². The van der Waals surface area contributed by atoms with Gasteiger partial charge in [-0.3, -0.25) is 14.2 Å². The average Bonchev–Trinajstić information content (AvgIpc) is 2.84. The Hall–Kier alpha value is -3.13. The van der Waals surface area contributed by atoms with Gasteiger partial charge in [-0.05, 0) is 55.9 Å². The molecule has 1 aliphatic heterocycles. The predicted octanol–water partition coefficient (Wildman–Crippen LogP) is 4.08. The summed E-state index contributed by atoms with van der Waals surface area (Å²) in [5.74, 6) is -0.407. The van der Waals surface area contributed by atoms with Crippen LogP contribution >= 0.6 is 11.8 Å². The Balaban J connectivity index is 1.67. The second-order valence-electron chi connectivity index (χ2n) is 8.89. The molecule has 0 spiro atoms. The third kappa shape index (κ3) is 5.33. The maximum absolute atomic E-state index is 13.4. The molecule has 4 rings (SSSR count). The molecule has 1 saturated heterocycles. The number of hydrogen-bond donors (Lipinski definition) is 1. The Morgan fingerprint density at radius 2 is 1.85 bits per heavy atom. The van der Waals surface area contributed by atoms with E-state index in [9.17, 15) is 19.5 Å². The van der Waals surface area contributed by atoms with Crippen molar-refractivity contribution in [1.29, 1.82) is 0 Å². The lowest BCUT2D eigenvalue weighted by molar-refractivity contribution is -0.131. The highest BCUT2D eigenvalue weighted by molar-refractivity contribution is 8.00. The Morgan fingerprint density at radius 1 is 1.15 bits per heavy atom. The summed E-state index contributed by atoms with van der Waals surface area (Å²) in [6.07, 6.45) is 2.63. The fourth-order valence-electron chi connectivity index (χ4n) is 4.20. The van der Waals surface area contributed by atoms with Gasteiger partial charge in [0.2, 0.25) is 5.91 Å². The molecule has 0 bridgehead atoms. The van der Waals surface area contributed by atoms with Crippen LogP contribution in [0.5, 0.6) is 0 Å². The molecule has 2 aromatic carbocycles. The van der Waals surface area contributed by atoms with Crippen molar-refractivity contribution in [2.75, 3.05) is 13.1 Å². The van der Waals surface area contributed by atoms with Gasteiger partial charge in [0.15, 0.2) is 5.16 Å². The Morgan fingerprint density at radius 3 is 2.53 bits per heavy atom. The summed E-state index contributed by atoms with van der Waals surface area (Å²) in [6.45, 7) is 5.96. The van der Waals surface area contributed by atoms with Crippen molar-refractivity contribution in [1.82, 2.24) is 14.5 Å². The molecular weight excluding hydrogens is 450 g/mol. The number of carboxylic acids is 1. The van der Waals surface area contributed by atoms with Crippen molar-refractivity contribution in [3.8, 4) is 0 Å². The van der Waals surface area contributed by atoms with Crippen LogP contribution in [0.1, 0.15) is 42.6 Å². The van der Waals surface area contributed by atoms with E-state index in [2.05, 4.69) is 11.9 Å². The number of carbonyl (C=O) groups is 2. The molecule has 178 valence electrons. The summed E-state index contributed by atoms with van der Waals surface area (Å²) in [5.41, 5.74) is 1.27. The summed E-state index contributed by atoms with van der Waals surface area (Å²) in [7, 11) is 0. The molecule has 1 atom stereocenters. The number of aromatic carboxylic acids is 1. The number of amides is 1. The van der Waals surface area contributed by atoms with Crippen LogP contribution in [0, 0.1) is 5.92 Å². The second-order valence-corrected chi connectivity index (χ2v) is 10.2. The third-order valence-electron chi connectivity index (χ3n) is 6.36. The number of likely N-dealkylation sites (tertiary alicyclic amines) is 1. The lowest BCUT2D eigenvalue weighted by Crippen LogP contribution is -2.42. The van der Waals surface area contributed by atoms with Crippen LogP contribution in [-0.4, -0.2) is 49.8 Å². The van der Waals surface area contributed by atoms with Crippen LogP contribution in [0.4, 0.5) is 0 Å². The number of thioether (sulfide) groups is 1. The standard InChI is InChI=1S/C26H29N3O4S/c1-17-10-13-28(14-11-17)23(30)18(2)34-26-27-22-16-20(25(32)33)8-9-21(22)24(31)29(26)15-12-19-6-4-3-5-7-19/h3-9,16-18H,10-15H2,1-2H3,(H,32,33). The highest BCUT2D eigenvalue weighted by Crippen LogP contribution is 2.26. The number of carboxylic acid groups (broad SMARTS) is 1. The van der Waals surface area contributed by atoms with E-state index in [0.29, 0.717) is 34.9 Å². The molecule has 7 nitrogen and oxygen atoms in total. The monoisotopic (exact) mass is 479 g/mol. The minimum atomic E-state index is -1.07. The first-order valence-electron chi connectivity index (χ1n) is 11.6. The normalized spacial score (nSPS) is 15.4. The molecule has 1 N–H and O–H groups in total. The molecule has 34 heavy (non-hydrogen) atoms. The fourth-order valence-corrected chi connectivity index (χ4v) is 5.22. The zero-order chi connectivity index (χ0) is 24.2. The molecule has 3 aromatic rings. The number of fused-ring (bicyclic) bond motifs is 1. The molecule has 1 aliphatic rings. The zero-order valence-electron chi connectivity index (χ0n) is 19.4. The minimum Gasteiger partial charge on any atom is -0.478 e. The first-order chi connectivity index (χ1) is 16.3. The summed E-state index contributed by atoms with van der Waals surface area (Å²) in [4.78, 5) is 44.5. The summed E-state index contributed by atoms with van der Waals surface area (Å²) < 4.78 is 1.61. The van der Waals surface area contributed by atoms with E-state index in [-0.39, 0.29) is 17.0 Å². The molecule has 2 heterocycles. The maximum atomic E-state index is 13.4. The van der Waals surface area contributed by atoms with Crippen molar-refractivity contribution < 1.29 is 14.7 Å². The molecule has 1 aromatic heterocycles. The van der Waals surface area contributed by atoms with Crippen molar-refractivity contribution in [3.63, 3.8) is 0 Å². The van der Waals surface area contributed by atoms with Crippen molar-refractivity contribution in [2.45, 2.75) is 50.1 Å². The van der Waals surface area contributed by atoms with Gasteiger partial charge in [-0.2, -0.15) is 0 Å². The van der Waals surface area contributed by atoms with Crippen molar-refractivity contribution in [3.05, 3.63) is 70.0 Å². The van der Waals surface area contributed by atoms with Gasteiger partial charge in [0.25, 0.3) is 5.56 Å². The Bertz CT molecular complexity index is 1250. The second kappa shape index (κ2) is 10.4. The Kier molecular flexibility index (Phi) is 7.36. The predicted molar refractivity (Wildman–Crippen MR) is 133 cm³/mol. The largest absolute Gasteiger partial charge is 0.478 e. The van der Waals surface area contributed by atoms with Gasteiger partial charge in [0.1, 0.15) is 0 Å². The van der Waals surface area contributed by atoms with Crippen LogP contribution < -0.4 is 5.56 Å². The van der Waals surface area contributed by atoms with E-state index in [1.807, 2.05) is 42.2 Å². The summed E-state index contributed by atoms with van der Waals surface area (Å²) in [5, 5.41) is 9.75. The lowest BCUT2D eigenvalue weighted by atomic mass is 9.99. The summed E-state index contributed by atoms with van der Waals surface area (Å²) in [6, 6.07) is 14.2. The van der Waals surface area contributed by atoms with Crippen LogP contribution in [0.15, 0.2) is 58.5 Å². The number of hydrogen-bond acceptors (Lipinski definition) is 5. The maximum Gasteiger partial charge on any atom is 0.335 e. The number of benzene rings is 2. The zero-order valence-corrected chi connectivity index (χ0v) is 20.3. The first-order valence-corrected chi connectivity index (χ1v) is 12.5. The Labute approximate surface area is 202 Å². The number of carbonyl (C=O) groups excluding carboxylic acids is 1. The molecule has 1 amide bonds. The molecular formula is C26H29N3O4S. The molecule has 1 unspecified atom stereocenters. The smallest absolute Gasteiger partial charge is 0.335 e. The van der Waals surface area contributed by atoms with E-state index >= 15 is 0 Å². The molecule has 1 fully saturated rings. The van der Waals surface area contributed by atoms with Gasteiger partial charge in [0.05, 0.1) is 21.7 Å².